The molecule has 0 aliphatic carbocycles. The molecule has 3 N–H and O–H groups in total. The van der Waals surface area contributed by atoms with Crippen molar-refractivity contribution in [1.82, 2.24) is 14.8 Å². The molecule has 0 aliphatic heterocycles. The second-order valence-electron chi connectivity index (χ2n) is 2.93. The molecule has 7 heteroatoms. The van der Waals surface area contributed by atoms with Gasteiger partial charge in [0.25, 0.3) is 0 Å². The van der Waals surface area contributed by atoms with Crippen LogP contribution in [0.3, 0.4) is 0 Å². The molecule has 0 aliphatic rings. The first-order chi connectivity index (χ1) is 6.11. The van der Waals surface area contributed by atoms with Crippen molar-refractivity contribution in [3.8, 4) is 0 Å². The minimum absolute atomic E-state index is 0.0980. The normalized spacial score (nSPS) is 12.9. The van der Waals surface area contributed by atoms with Gasteiger partial charge in [-0.05, 0) is 11.1 Å². The van der Waals surface area contributed by atoms with E-state index in [1.165, 1.54) is 0 Å². The van der Waals surface area contributed by atoms with Crippen LogP contribution in [0.4, 0.5) is 5.13 Å². The molecule has 72 valence electrons. The van der Waals surface area contributed by atoms with Crippen LogP contribution < -0.4 is 11.1 Å². The average molecular weight is 201 g/mol. The van der Waals surface area contributed by atoms with E-state index in [0.717, 1.165) is 11.5 Å². The van der Waals surface area contributed by atoms with Crippen molar-refractivity contribution in [2.24, 2.45) is 11.7 Å². The molecular formula is C6H11N5OS. The van der Waals surface area contributed by atoms with Gasteiger partial charge in [0.1, 0.15) is 0 Å². The number of amides is 1. The third kappa shape index (κ3) is 2.71. The van der Waals surface area contributed by atoms with E-state index in [1.54, 1.807) is 0 Å². The number of anilines is 1. The second kappa shape index (κ2) is 4.24. The van der Waals surface area contributed by atoms with E-state index in [9.17, 15) is 4.79 Å². The molecule has 1 atom stereocenters. The summed E-state index contributed by atoms with van der Waals surface area (Å²) in [5.41, 5.74) is 5.60. The zero-order chi connectivity index (χ0) is 9.84. The van der Waals surface area contributed by atoms with Crippen molar-refractivity contribution in [1.29, 1.82) is 0 Å². The van der Waals surface area contributed by atoms with Gasteiger partial charge in [-0.3, -0.25) is 10.1 Å². The van der Waals surface area contributed by atoms with E-state index in [-0.39, 0.29) is 11.8 Å². The van der Waals surface area contributed by atoms with Gasteiger partial charge in [-0.15, -0.1) is 0 Å². The Hall–Kier alpha value is -1.08. The third-order valence-corrected chi connectivity index (χ3v) is 2.06. The van der Waals surface area contributed by atoms with Gasteiger partial charge in [-0.2, -0.15) is 0 Å². The minimum atomic E-state index is -0.524. The van der Waals surface area contributed by atoms with E-state index >= 15 is 0 Å². The molecule has 0 spiro atoms. The Balaban J connectivity index is 2.51. The molecule has 6 nitrogen and oxygen atoms in total. The van der Waals surface area contributed by atoms with Crippen molar-refractivity contribution in [3.05, 3.63) is 0 Å². The lowest BCUT2D eigenvalue weighted by atomic mass is 10.1. The standard InChI is InChI=1S/C6H11N5OS/c1-3(2)4(7)5(12)8-6-9-10-11-13-6/h3-4H,7H2,1-2H3,(H,8,9,11,12)/t4-/m0/s1. The maximum Gasteiger partial charge on any atom is 0.243 e. The van der Waals surface area contributed by atoms with E-state index in [1.807, 2.05) is 13.8 Å². The van der Waals surface area contributed by atoms with Crippen LogP contribution in [0, 0.1) is 5.92 Å². The monoisotopic (exact) mass is 201 g/mol. The Morgan fingerprint density at radius 1 is 1.62 bits per heavy atom. The zero-order valence-electron chi connectivity index (χ0n) is 7.39. The summed E-state index contributed by atoms with van der Waals surface area (Å²) >= 11 is 1.02. The lowest BCUT2D eigenvalue weighted by Crippen LogP contribution is -2.39. The maximum absolute atomic E-state index is 11.3. The first kappa shape index (κ1) is 10.0. The van der Waals surface area contributed by atoms with Crippen LogP contribution in [0.15, 0.2) is 0 Å². The Morgan fingerprint density at radius 3 is 2.77 bits per heavy atom. The molecule has 0 fully saturated rings. The summed E-state index contributed by atoms with van der Waals surface area (Å²) in [4.78, 5) is 11.3. The van der Waals surface area contributed by atoms with Crippen LogP contribution in [0.5, 0.6) is 0 Å². The fraction of sp³-hybridized carbons (Fsp3) is 0.667. The molecule has 0 saturated carbocycles. The molecule has 0 saturated heterocycles. The number of carbonyl (C=O) groups is 1. The summed E-state index contributed by atoms with van der Waals surface area (Å²) in [6.07, 6.45) is 0. The molecule has 0 radical (unpaired) electrons. The number of aromatic nitrogens is 3. The number of hydrogen-bond acceptors (Lipinski definition) is 6. The fourth-order valence-corrected chi connectivity index (χ4v) is 1.04. The van der Waals surface area contributed by atoms with Gasteiger partial charge in [0.15, 0.2) is 0 Å². The van der Waals surface area contributed by atoms with E-state index in [2.05, 4.69) is 20.1 Å². The summed E-state index contributed by atoms with van der Waals surface area (Å²) in [6, 6.07) is -0.524. The van der Waals surface area contributed by atoms with Gasteiger partial charge in [0, 0.05) is 11.5 Å². The van der Waals surface area contributed by atoms with Crippen molar-refractivity contribution >= 4 is 22.6 Å². The fourth-order valence-electron chi connectivity index (χ4n) is 0.673. The van der Waals surface area contributed by atoms with Crippen molar-refractivity contribution < 1.29 is 4.79 Å². The molecule has 0 unspecified atom stereocenters. The van der Waals surface area contributed by atoms with Crippen LogP contribution in [0.2, 0.25) is 0 Å². The predicted molar refractivity (Wildman–Crippen MR) is 49.1 cm³/mol. The lowest BCUT2D eigenvalue weighted by molar-refractivity contribution is -0.118. The predicted octanol–water partition coefficient (Wildman–Crippen LogP) is -0.145. The molecule has 0 aromatic carbocycles. The Bertz CT molecular complexity index is 273. The van der Waals surface area contributed by atoms with Gasteiger partial charge < -0.3 is 5.73 Å². The number of nitrogens with zero attached hydrogens (tertiary/aromatic N) is 3. The number of hydrogen-bond donors (Lipinski definition) is 2. The van der Waals surface area contributed by atoms with Crippen LogP contribution in [-0.4, -0.2) is 26.7 Å². The number of carbonyl (C=O) groups excluding carboxylic acids is 1. The van der Waals surface area contributed by atoms with E-state index in [0.29, 0.717) is 5.13 Å². The van der Waals surface area contributed by atoms with Crippen LogP contribution in [0.25, 0.3) is 0 Å². The molecule has 1 amide bonds. The molecule has 1 aromatic rings. The van der Waals surface area contributed by atoms with Crippen molar-refractivity contribution in [2.75, 3.05) is 5.32 Å². The average Bonchev–Trinajstić information content (AvgIpc) is 2.55. The highest BCUT2D eigenvalue weighted by Gasteiger charge is 2.18. The smallest absolute Gasteiger partial charge is 0.243 e. The third-order valence-electron chi connectivity index (χ3n) is 1.55. The maximum atomic E-state index is 11.3. The summed E-state index contributed by atoms with van der Waals surface area (Å²) in [7, 11) is 0. The quantitative estimate of drug-likeness (QED) is 0.709. The summed E-state index contributed by atoms with van der Waals surface area (Å²) in [5.74, 6) is -0.158. The highest BCUT2D eigenvalue weighted by molar-refractivity contribution is 7.09. The van der Waals surface area contributed by atoms with Gasteiger partial charge in [-0.1, -0.05) is 23.4 Å². The minimum Gasteiger partial charge on any atom is -0.320 e. The summed E-state index contributed by atoms with van der Waals surface area (Å²) in [5, 5.41) is 9.81. The van der Waals surface area contributed by atoms with Crippen molar-refractivity contribution in [3.63, 3.8) is 0 Å². The van der Waals surface area contributed by atoms with Crippen LogP contribution >= 0.6 is 11.5 Å². The second-order valence-corrected chi connectivity index (χ2v) is 3.66. The first-order valence-corrected chi connectivity index (χ1v) is 4.60. The molecule has 1 heterocycles. The van der Waals surface area contributed by atoms with E-state index in [4.69, 9.17) is 5.73 Å². The largest absolute Gasteiger partial charge is 0.320 e. The topological polar surface area (TPSA) is 93.8 Å². The van der Waals surface area contributed by atoms with Gasteiger partial charge in [0.05, 0.1) is 6.04 Å². The Kier molecular flexibility index (Phi) is 3.26. The molecule has 1 aromatic heterocycles. The molecule has 13 heavy (non-hydrogen) atoms. The van der Waals surface area contributed by atoms with Gasteiger partial charge in [-0.25, -0.2) is 0 Å². The molecule has 0 bridgehead atoms. The number of nitrogens with one attached hydrogen (secondary N) is 1. The highest BCUT2D eigenvalue weighted by atomic mass is 32.1. The van der Waals surface area contributed by atoms with Gasteiger partial charge >= 0.3 is 0 Å². The molecule has 1 rings (SSSR count). The summed E-state index contributed by atoms with van der Waals surface area (Å²) in [6.45, 7) is 3.76. The molecular weight excluding hydrogens is 190 g/mol. The first-order valence-electron chi connectivity index (χ1n) is 3.82. The number of rotatable bonds is 3. The highest BCUT2D eigenvalue weighted by Crippen LogP contribution is 2.07. The Morgan fingerprint density at radius 2 is 2.31 bits per heavy atom. The van der Waals surface area contributed by atoms with Crippen molar-refractivity contribution in [2.45, 2.75) is 19.9 Å². The lowest BCUT2D eigenvalue weighted by Gasteiger charge is -2.13. The SMILES string of the molecule is CC(C)[C@H](N)C(=O)Nc1nnns1. The summed E-state index contributed by atoms with van der Waals surface area (Å²) < 4.78 is 3.50. The number of nitrogens with two attached hydrogens (primary N) is 1. The zero-order valence-corrected chi connectivity index (χ0v) is 8.21. The van der Waals surface area contributed by atoms with Gasteiger partial charge in [0.2, 0.25) is 11.0 Å². The van der Waals surface area contributed by atoms with Crippen LogP contribution in [0.1, 0.15) is 13.8 Å². The van der Waals surface area contributed by atoms with Crippen LogP contribution in [-0.2, 0) is 4.79 Å². The van der Waals surface area contributed by atoms with E-state index < -0.39 is 6.04 Å². The Labute approximate surface area is 79.7 Å².